The maximum absolute atomic E-state index is 13.0. The fourth-order valence-electron chi connectivity index (χ4n) is 3.80. The van der Waals surface area contributed by atoms with Crippen LogP contribution in [0.5, 0.6) is 0 Å². The van der Waals surface area contributed by atoms with Gasteiger partial charge >= 0.3 is 0 Å². The molecule has 158 valence electrons. The molecule has 10 heteroatoms. The molecule has 1 amide bonds. The fraction of sp³-hybridized carbons (Fsp3) is 0.350. The van der Waals surface area contributed by atoms with Gasteiger partial charge < -0.3 is 14.9 Å². The number of carbonyl (C=O) groups excluding carboxylic acids is 1. The minimum absolute atomic E-state index is 0.0942. The quantitative estimate of drug-likeness (QED) is 0.657. The highest BCUT2D eigenvalue weighted by atomic mass is 32.2. The van der Waals surface area contributed by atoms with Gasteiger partial charge in [0.1, 0.15) is 16.1 Å². The van der Waals surface area contributed by atoms with Gasteiger partial charge in [-0.05, 0) is 37.0 Å². The lowest BCUT2D eigenvalue weighted by Crippen LogP contribution is -2.38. The van der Waals surface area contributed by atoms with E-state index in [2.05, 4.69) is 15.3 Å². The van der Waals surface area contributed by atoms with Gasteiger partial charge in [0.15, 0.2) is 0 Å². The van der Waals surface area contributed by atoms with Crippen molar-refractivity contribution in [3.63, 3.8) is 0 Å². The predicted molar refractivity (Wildman–Crippen MR) is 113 cm³/mol. The molecule has 3 aromatic rings. The zero-order chi connectivity index (χ0) is 21.5. The Labute approximate surface area is 173 Å². The van der Waals surface area contributed by atoms with Gasteiger partial charge in [-0.25, -0.2) is 13.4 Å². The van der Waals surface area contributed by atoms with E-state index >= 15 is 0 Å². The summed E-state index contributed by atoms with van der Waals surface area (Å²) in [6.45, 7) is 3.00. The molecule has 0 radical (unpaired) electrons. The maximum atomic E-state index is 13.0. The van der Waals surface area contributed by atoms with E-state index in [9.17, 15) is 18.0 Å². The average Bonchev–Trinajstić information content (AvgIpc) is 3.11. The highest BCUT2D eigenvalue weighted by molar-refractivity contribution is 7.89. The number of aromatic amines is 1. The molecule has 9 nitrogen and oxygen atoms in total. The van der Waals surface area contributed by atoms with Crippen LogP contribution in [0.4, 0.5) is 5.69 Å². The first-order valence-electron chi connectivity index (χ1n) is 9.71. The molecule has 1 unspecified atom stereocenters. The Morgan fingerprint density at radius 1 is 1.33 bits per heavy atom. The number of amides is 1. The van der Waals surface area contributed by atoms with Crippen molar-refractivity contribution in [2.24, 2.45) is 13.0 Å². The molecule has 1 atom stereocenters. The zero-order valence-corrected chi connectivity index (χ0v) is 17.6. The molecule has 0 bridgehead atoms. The first kappa shape index (κ1) is 20.3. The van der Waals surface area contributed by atoms with Crippen LogP contribution in [0.25, 0.3) is 10.9 Å². The number of carbonyl (C=O) groups is 1. The van der Waals surface area contributed by atoms with Gasteiger partial charge in [-0.3, -0.25) is 9.59 Å². The van der Waals surface area contributed by atoms with Gasteiger partial charge in [0.05, 0.1) is 17.4 Å². The molecular formula is C20H23N5O4S. The Bertz CT molecular complexity index is 1280. The minimum Gasteiger partial charge on any atom is -0.345 e. The van der Waals surface area contributed by atoms with Gasteiger partial charge in [0.25, 0.3) is 11.5 Å². The highest BCUT2D eigenvalue weighted by Crippen LogP contribution is 2.25. The lowest BCUT2D eigenvalue weighted by molar-refractivity contribution is 0.101. The van der Waals surface area contributed by atoms with Crippen molar-refractivity contribution in [3.05, 3.63) is 52.8 Å². The summed E-state index contributed by atoms with van der Waals surface area (Å²) in [5.41, 5.74) is 0.623. The third kappa shape index (κ3) is 3.63. The van der Waals surface area contributed by atoms with Crippen molar-refractivity contribution in [2.45, 2.75) is 24.7 Å². The van der Waals surface area contributed by atoms with E-state index in [1.807, 2.05) is 6.92 Å². The summed E-state index contributed by atoms with van der Waals surface area (Å²) in [5, 5.41) is 3.09. The standard InChI is InChI=1S/C20H23N5O4S/c1-13-5-4-8-25(10-13)30(28,29)14-9-17(24(2)11-14)20(27)23-16-7-3-6-15-18(16)21-12-22-19(15)26/h3,6-7,9,11-13H,4-5,8,10H2,1-2H3,(H,23,27)(H,21,22,26). The predicted octanol–water partition coefficient (Wildman–Crippen LogP) is 1.93. The highest BCUT2D eigenvalue weighted by Gasteiger charge is 2.30. The van der Waals surface area contributed by atoms with E-state index < -0.39 is 15.9 Å². The van der Waals surface area contributed by atoms with Gasteiger partial charge in [0, 0.05) is 26.3 Å². The largest absolute Gasteiger partial charge is 0.345 e. The first-order chi connectivity index (χ1) is 14.3. The van der Waals surface area contributed by atoms with Crippen LogP contribution in [0.1, 0.15) is 30.3 Å². The van der Waals surface area contributed by atoms with Gasteiger partial charge in [-0.1, -0.05) is 13.0 Å². The summed E-state index contributed by atoms with van der Waals surface area (Å²) in [6, 6.07) is 6.29. The SMILES string of the molecule is CC1CCCN(S(=O)(=O)c2cc(C(=O)Nc3cccc4c(=O)[nH]cnc34)n(C)c2)C1. The summed E-state index contributed by atoms with van der Waals surface area (Å²) in [5.74, 6) is -0.178. The smallest absolute Gasteiger partial charge is 0.272 e. The number of fused-ring (bicyclic) bond motifs is 1. The molecular weight excluding hydrogens is 406 g/mol. The first-order valence-corrected chi connectivity index (χ1v) is 11.2. The van der Waals surface area contributed by atoms with Crippen molar-refractivity contribution in [2.75, 3.05) is 18.4 Å². The van der Waals surface area contributed by atoms with Crippen LogP contribution in [-0.2, 0) is 17.1 Å². The third-order valence-electron chi connectivity index (χ3n) is 5.39. The third-order valence-corrected chi connectivity index (χ3v) is 7.22. The molecule has 30 heavy (non-hydrogen) atoms. The molecule has 1 saturated heterocycles. The number of aryl methyl sites for hydroxylation is 1. The van der Waals surface area contributed by atoms with Crippen LogP contribution in [-0.4, -0.2) is 46.3 Å². The van der Waals surface area contributed by atoms with Crippen LogP contribution < -0.4 is 10.9 Å². The number of para-hydroxylation sites is 1. The molecule has 0 spiro atoms. The van der Waals surface area contributed by atoms with E-state index in [0.29, 0.717) is 35.6 Å². The van der Waals surface area contributed by atoms with E-state index in [4.69, 9.17) is 0 Å². The number of rotatable bonds is 4. The summed E-state index contributed by atoms with van der Waals surface area (Å²) in [7, 11) is -2.04. The van der Waals surface area contributed by atoms with E-state index in [1.165, 1.54) is 27.5 Å². The Hall–Kier alpha value is -2.98. The maximum Gasteiger partial charge on any atom is 0.272 e. The fourth-order valence-corrected chi connectivity index (χ4v) is 5.47. The Kier molecular flexibility index (Phi) is 5.20. The molecule has 0 saturated carbocycles. The molecule has 4 rings (SSSR count). The monoisotopic (exact) mass is 429 g/mol. The molecule has 3 heterocycles. The number of anilines is 1. The second-order valence-electron chi connectivity index (χ2n) is 7.67. The Balaban J connectivity index is 1.63. The van der Waals surface area contributed by atoms with Crippen molar-refractivity contribution < 1.29 is 13.2 Å². The number of benzene rings is 1. The van der Waals surface area contributed by atoms with Gasteiger partial charge in [0.2, 0.25) is 10.0 Å². The van der Waals surface area contributed by atoms with Crippen LogP contribution in [0.2, 0.25) is 0 Å². The van der Waals surface area contributed by atoms with Crippen LogP contribution >= 0.6 is 0 Å². The number of nitrogens with zero attached hydrogens (tertiary/aromatic N) is 3. The van der Waals surface area contributed by atoms with Crippen LogP contribution in [0.15, 0.2) is 46.5 Å². The number of nitrogens with one attached hydrogen (secondary N) is 2. The second kappa shape index (κ2) is 7.69. The molecule has 2 N–H and O–H groups in total. The molecule has 1 aliphatic heterocycles. The topological polar surface area (TPSA) is 117 Å². The number of H-pyrrole nitrogens is 1. The number of hydrogen-bond acceptors (Lipinski definition) is 5. The Morgan fingerprint density at radius 2 is 2.13 bits per heavy atom. The van der Waals surface area contributed by atoms with Crippen molar-refractivity contribution in [3.8, 4) is 0 Å². The van der Waals surface area contributed by atoms with Crippen molar-refractivity contribution in [1.29, 1.82) is 0 Å². The lowest BCUT2D eigenvalue weighted by atomic mass is 10.0. The molecule has 1 fully saturated rings. The summed E-state index contributed by atoms with van der Waals surface area (Å²) < 4.78 is 29.0. The number of sulfonamides is 1. The zero-order valence-electron chi connectivity index (χ0n) is 16.8. The second-order valence-corrected chi connectivity index (χ2v) is 9.61. The number of aromatic nitrogens is 3. The summed E-state index contributed by atoms with van der Waals surface area (Å²) >= 11 is 0. The summed E-state index contributed by atoms with van der Waals surface area (Å²) in [4.78, 5) is 31.6. The molecule has 0 aliphatic carbocycles. The number of hydrogen-bond donors (Lipinski definition) is 2. The molecule has 1 aromatic carbocycles. The van der Waals surface area contributed by atoms with Gasteiger partial charge in [-0.15, -0.1) is 0 Å². The van der Waals surface area contributed by atoms with E-state index in [-0.39, 0.29) is 16.1 Å². The minimum atomic E-state index is -3.67. The average molecular weight is 430 g/mol. The van der Waals surface area contributed by atoms with Crippen LogP contribution in [0, 0.1) is 5.92 Å². The normalized spacial score (nSPS) is 17.9. The summed E-state index contributed by atoms with van der Waals surface area (Å²) in [6.07, 6.45) is 4.56. The van der Waals surface area contributed by atoms with Crippen molar-refractivity contribution in [1.82, 2.24) is 18.8 Å². The molecule has 2 aromatic heterocycles. The Morgan fingerprint density at radius 3 is 2.90 bits per heavy atom. The van der Waals surface area contributed by atoms with E-state index in [0.717, 1.165) is 12.8 Å². The lowest BCUT2D eigenvalue weighted by Gasteiger charge is -2.29. The number of piperidine rings is 1. The van der Waals surface area contributed by atoms with Crippen LogP contribution in [0.3, 0.4) is 0 Å². The van der Waals surface area contributed by atoms with E-state index in [1.54, 1.807) is 25.2 Å². The molecule has 1 aliphatic rings. The van der Waals surface area contributed by atoms with Crippen molar-refractivity contribution >= 4 is 32.5 Å². The van der Waals surface area contributed by atoms with Gasteiger partial charge in [-0.2, -0.15) is 4.31 Å².